The minimum Gasteiger partial charge on any atom is -0.382 e. The zero-order chi connectivity index (χ0) is 16.2. The standard InChI is InChI=1S/C15H30N4O2S/c1-4-21-9-6-8-16-15(17-11-14(20)19(2)3)18-13-7-5-10-22-12-13/h13H,4-12H2,1-3H3,(H2,16,17,18). The second-order valence-corrected chi connectivity index (χ2v) is 6.64. The van der Waals surface area contributed by atoms with E-state index in [2.05, 4.69) is 15.6 Å². The number of nitrogens with zero attached hydrogens (tertiary/aromatic N) is 2. The summed E-state index contributed by atoms with van der Waals surface area (Å²) < 4.78 is 5.33. The number of nitrogens with one attached hydrogen (secondary N) is 2. The van der Waals surface area contributed by atoms with Gasteiger partial charge in [-0.3, -0.25) is 4.79 Å². The van der Waals surface area contributed by atoms with Gasteiger partial charge < -0.3 is 20.3 Å². The molecule has 1 aliphatic heterocycles. The van der Waals surface area contributed by atoms with Gasteiger partial charge in [0.1, 0.15) is 6.54 Å². The van der Waals surface area contributed by atoms with E-state index >= 15 is 0 Å². The first-order valence-corrected chi connectivity index (χ1v) is 9.19. The van der Waals surface area contributed by atoms with E-state index in [1.54, 1.807) is 19.0 Å². The molecule has 1 saturated heterocycles. The van der Waals surface area contributed by atoms with E-state index in [0.29, 0.717) is 6.04 Å². The Kier molecular flexibility index (Phi) is 10.1. The molecule has 7 heteroatoms. The Morgan fingerprint density at radius 2 is 2.27 bits per heavy atom. The molecule has 0 bridgehead atoms. The second-order valence-electron chi connectivity index (χ2n) is 5.49. The molecule has 2 N–H and O–H groups in total. The molecular formula is C15H30N4O2S. The molecule has 0 radical (unpaired) electrons. The van der Waals surface area contributed by atoms with Gasteiger partial charge in [0.25, 0.3) is 0 Å². The summed E-state index contributed by atoms with van der Waals surface area (Å²) in [6.45, 7) is 4.45. The molecule has 0 saturated carbocycles. The van der Waals surface area contributed by atoms with Crippen molar-refractivity contribution in [3.63, 3.8) is 0 Å². The smallest absolute Gasteiger partial charge is 0.243 e. The first-order valence-electron chi connectivity index (χ1n) is 8.04. The van der Waals surface area contributed by atoms with Gasteiger partial charge in [0.15, 0.2) is 5.96 Å². The number of aliphatic imine (C=N–C) groups is 1. The Morgan fingerprint density at radius 1 is 1.45 bits per heavy atom. The normalized spacial score (nSPS) is 18.9. The quantitative estimate of drug-likeness (QED) is 0.394. The van der Waals surface area contributed by atoms with Crippen molar-refractivity contribution < 1.29 is 9.53 Å². The fraction of sp³-hybridized carbons (Fsp3) is 0.867. The maximum absolute atomic E-state index is 11.7. The molecule has 22 heavy (non-hydrogen) atoms. The van der Waals surface area contributed by atoms with Crippen LogP contribution in [-0.4, -0.2) is 74.7 Å². The highest BCUT2D eigenvalue weighted by atomic mass is 32.2. The third kappa shape index (κ3) is 8.48. The zero-order valence-electron chi connectivity index (χ0n) is 14.1. The van der Waals surface area contributed by atoms with Crippen LogP contribution in [0.3, 0.4) is 0 Å². The Morgan fingerprint density at radius 3 is 2.91 bits per heavy atom. The molecule has 0 aromatic rings. The summed E-state index contributed by atoms with van der Waals surface area (Å²) in [6.07, 6.45) is 3.32. The Labute approximate surface area is 138 Å². The van der Waals surface area contributed by atoms with Crippen LogP contribution >= 0.6 is 11.8 Å². The van der Waals surface area contributed by atoms with E-state index in [0.717, 1.165) is 44.3 Å². The maximum Gasteiger partial charge on any atom is 0.243 e. The minimum absolute atomic E-state index is 0.00781. The lowest BCUT2D eigenvalue weighted by Crippen LogP contribution is -2.46. The van der Waals surface area contributed by atoms with Crippen molar-refractivity contribution >= 4 is 23.6 Å². The molecule has 128 valence electrons. The summed E-state index contributed by atoms with van der Waals surface area (Å²) >= 11 is 1.97. The van der Waals surface area contributed by atoms with Crippen molar-refractivity contribution in [3.8, 4) is 0 Å². The predicted octanol–water partition coefficient (Wildman–Crippen LogP) is 0.932. The summed E-state index contributed by atoms with van der Waals surface area (Å²) in [4.78, 5) is 17.7. The number of hydrogen-bond acceptors (Lipinski definition) is 4. The van der Waals surface area contributed by atoms with Crippen LogP contribution < -0.4 is 10.6 Å². The van der Waals surface area contributed by atoms with E-state index in [4.69, 9.17) is 4.74 Å². The number of carbonyl (C=O) groups is 1. The van der Waals surface area contributed by atoms with Crippen molar-refractivity contribution in [3.05, 3.63) is 0 Å². The first kappa shape index (κ1) is 19.1. The van der Waals surface area contributed by atoms with E-state index in [9.17, 15) is 4.79 Å². The Bertz CT molecular complexity index is 344. The molecule has 1 amide bonds. The average Bonchev–Trinajstić information content (AvgIpc) is 2.52. The van der Waals surface area contributed by atoms with Gasteiger partial charge in [-0.1, -0.05) is 0 Å². The lowest BCUT2D eigenvalue weighted by atomic mass is 10.2. The van der Waals surface area contributed by atoms with E-state index in [1.807, 2.05) is 18.7 Å². The fourth-order valence-corrected chi connectivity index (χ4v) is 3.09. The van der Waals surface area contributed by atoms with Gasteiger partial charge in [-0.25, -0.2) is 4.99 Å². The van der Waals surface area contributed by atoms with Crippen LogP contribution in [0.15, 0.2) is 4.99 Å². The molecular weight excluding hydrogens is 300 g/mol. The first-order chi connectivity index (χ1) is 10.6. The van der Waals surface area contributed by atoms with Crippen LogP contribution in [0.1, 0.15) is 26.2 Å². The number of thioether (sulfide) groups is 1. The molecule has 1 rings (SSSR count). The SMILES string of the molecule is CCOCCCNC(=NCC(=O)N(C)C)NC1CCCSC1. The van der Waals surface area contributed by atoms with Gasteiger partial charge in [-0.05, 0) is 31.9 Å². The molecule has 1 fully saturated rings. The van der Waals surface area contributed by atoms with Crippen LogP contribution in [0.5, 0.6) is 0 Å². The lowest BCUT2D eigenvalue weighted by molar-refractivity contribution is -0.127. The minimum atomic E-state index is 0.00781. The summed E-state index contributed by atoms with van der Waals surface area (Å²) in [5.74, 6) is 3.08. The molecule has 1 heterocycles. The van der Waals surface area contributed by atoms with E-state index in [1.165, 1.54) is 12.2 Å². The van der Waals surface area contributed by atoms with Gasteiger partial charge in [-0.2, -0.15) is 11.8 Å². The van der Waals surface area contributed by atoms with Crippen molar-refractivity contribution in [1.29, 1.82) is 0 Å². The molecule has 0 aromatic carbocycles. The van der Waals surface area contributed by atoms with Gasteiger partial charge in [0, 0.05) is 45.6 Å². The largest absolute Gasteiger partial charge is 0.382 e. The zero-order valence-corrected chi connectivity index (χ0v) is 14.9. The molecule has 1 aliphatic rings. The average molecular weight is 330 g/mol. The van der Waals surface area contributed by atoms with Gasteiger partial charge >= 0.3 is 0 Å². The summed E-state index contributed by atoms with van der Waals surface area (Å²) in [5, 5.41) is 6.75. The van der Waals surface area contributed by atoms with Crippen LogP contribution in [0, 0.1) is 0 Å². The second kappa shape index (κ2) is 11.6. The number of hydrogen-bond donors (Lipinski definition) is 2. The number of ether oxygens (including phenoxy) is 1. The summed E-state index contributed by atoms with van der Waals surface area (Å²) in [6, 6.07) is 0.436. The van der Waals surface area contributed by atoms with Crippen LogP contribution in [0.2, 0.25) is 0 Å². The lowest BCUT2D eigenvalue weighted by Gasteiger charge is -2.25. The number of likely N-dealkylation sites (N-methyl/N-ethyl adjacent to an activating group) is 1. The number of guanidine groups is 1. The monoisotopic (exact) mass is 330 g/mol. The topological polar surface area (TPSA) is 66.0 Å². The highest BCUT2D eigenvalue weighted by Crippen LogP contribution is 2.16. The van der Waals surface area contributed by atoms with Crippen LogP contribution in [-0.2, 0) is 9.53 Å². The van der Waals surface area contributed by atoms with Crippen molar-refractivity contribution in [2.75, 3.05) is 51.9 Å². The third-order valence-corrected chi connectivity index (χ3v) is 4.55. The van der Waals surface area contributed by atoms with Crippen molar-refractivity contribution in [1.82, 2.24) is 15.5 Å². The van der Waals surface area contributed by atoms with Crippen molar-refractivity contribution in [2.24, 2.45) is 4.99 Å². The van der Waals surface area contributed by atoms with E-state index < -0.39 is 0 Å². The highest BCUT2D eigenvalue weighted by Gasteiger charge is 2.15. The fourth-order valence-electron chi connectivity index (χ4n) is 2.01. The van der Waals surface area contributed by atoms with Gasteiger partial charge in [-0.15, -0.1) is 0 Å². The summed E-state index contributed by atoms with van der Waals surface area (Å²) in [5.41, 5.74) is 0. The molecule has 1 unspecified atom stereocenters. The molecule has 0 aromatic heterocycles. The van der Waals surface area contributed by atoms with Crippen molar-refractivity contribution in [2.45, 2.75) is 32.2 Å². The Balaban J connectivity index is 2.43. The number of amides is 1. The number of carbonyl (C=O) groups excluding carboxylic acids is 1. The molecule has 0 aliphatic carbocycles. The maximum atomic E-state index is 11.7. The highest BCUT2D eigenvalue weighted by molar-refractivity contribution is 7.99. The number of rotatable bonds is 8. The molecule has 6 nitrogen and oxygen atoms in total. The van der Waals surface area contributed by atoms with Gasteiger partial charge in [0.2, 0.25) is 5.91 Å². The van der Waals surface area contributed by atoms with Gasteiger partial charge in [0.05, 0.1) is 0 Å². The van der Waals surface area contributed by atoms with Crippen LogP contribution in [0.4, 0.5) is 0 Å². The summed E-state index contributed by atoms with van der Waals surface area (Å²) in [7, 11) is 3.50. The third-order valence-electron chi connectivity index (χ3n) is 3.33. The van der Waals surface area contributed by atoms with E-state index in [-0.39, 0.29) is 12.5 Å². The predicted molar refractivity (Wildman–Crippen MR) is 93.6 cm³/mol. The van der Waals surface area contributed by atoms with Crippen LogP contribution in [0.25, 0.3) is 0 Å². The Hall–Kier alpha value is -0.950. The molecule has 0 spiro atoms. The molecule has 1 atom stereocenters.